The van der Waals surface area contributed by atoms with Crippen molar-refractivity contribution in [2.45, 2.75) is 67.7 Å². The molecule has 0 saturated carbocycles. The summed E-state index contributed by atoms with van der Waals surface area (Å²) in [4.78, 5) is 16.1. The molecule has 1 aliphatic heterocycles. The molecule has 0 N–H and O–H groups in total. The molecule has 2 aliphatic rings. The van der Waals surface area contributed by atoms with Gasteiger partial charge in [0.1, 0.15) is 0 Å². The molecule has 0 atom stereocenters. The predicted molar refractivity (Wildman–Crippen MR) is 166 cm³/mol. The van der Waals surface area contributed by atoms with E-state index in [4.69, 9.17) is 0 Å². The number of hydrogen-bond donors (Lipinski definition) is 0. The van der Waals surface area contributed by atoms with Crippen molar-refractivity contribution in [1.29, 1.82) is 0 Å². The summed E-state index contributed by atoms with van der Waals surface area (Å²) < 4.78 is 0. The minimum atomic E-state index is -0.262. The number of rotatable bonds is 1. The molecule has 1 heterocycles. The topological polar surface area (TPSA) is 20.3 Å². The predicted octanol–water partition coefficient (Wildman–Crippen LogP) is 10.1. The Hall–Kier alpha value is -3.65. The van der Waals surface area contributed by atoms with Gasteiger partial charge in [-0.3, -0.25) is 4.79 Å². The van der Waals surface area contributed by atoms with Crippen molar-refractivity contribution in [1.82, 2.24) is 0 Å². The first-order valence-electron chi connectivity index (χ1n) is 14.0. The van der Waals surface area contributed by atoms with Crippen LogP contribution in [-0.4, -0.2) is 5.78 Å². The van der Waals surface area contributed by atoms with Gasteiger partial charge >= 0.3 is 0 Å². The van der Waals surface area contributed by atoms with E-state index < -0.39 is 0 Å². The van der Waals surface area contributed by atoms with E-state index in [0.717, 1.165) is 33.8 Å². The number of benzene rings is 3. The number of carbonyl (C=O) groups excluding carboxylic acids is 1. The molecule has 0 radical (unpaired) electrons. The van der Waals surface area contributed by atoms with Gasteiger partial charge in [-0.2, -0.15) is 0 Å². The number of carbonyl (C=O) groups is 1. The van der Waals surface area contributed by atoms with E-state index in [9.17, 15) is 4.79 Å². The number of fused-ring (bicyclic) bond motifs is 2. The third-order valence-electron chi connectivity index (χ3n) is 7.81. The molecule has 0 spiro atoms. The summed E-state index contributed by atoms with van der Waals surface area (Å²) in [5.74, 6) is 0.164. The number of nitrogens with zero attached hydrogens (tertiary/aromatic N) is 1. The maximum atomic E-state index is 13.7. The van der Waals surface area contributed by atoms with Gasteiger partial charge in [-0.05, 0) is 63.8 Å². The van der Waals surface area contributed by atoms with Crippen LogP contribution in [0.25, 0.3) is 5.57 Å². The highest BCUT2D eigenvalue weighted by molar-refractivity contribution is 6.13. The average Bonchev–Trinajstić information content (AvgIpc) is 2.85. The van der Waals surface area contributed by atoms with E-state index >= 15 is 0 Å². The second-order valence-electron chi connectivity index (χ2n) is 13.9. The Morgan fingerprint density at radius 3 is 1.38 bits per heavy atom. The number of ketones is 1. The average molecular weight is 516 g/mol. The lowest BCUT2D eigenvalue weighted by molar-refractivity contribution is -0.114. The molecular formula is C37H41NO. The molecule has 2 nitrogen and oxygen atoms in total. The lowest BCUT2D eigenvalue weighted by atomic mass is 9.70. The van der Waals surface area contributed by atoms with E-state index in [2.05, 4.69) is 152 Å². The molecular weight excluding hydrogens is 474 g/mol. The van der Waals surface area contributed by atoms with Crippen LogP contribution in [0.1, 0.15) is 79.0 Å². The van der Waals surface area contributed by atoms with E-state index in [1.54, 1.807) is 0 Å². The van der Waals surface area contributed by atoms with Crippen LogP contribution in [0, 0.1) is 10.8 Å². The number of para-hydroxylation sites is 2. The molecule has 0 unspecified atom stereocenters. The highest BCUT2D eigenvalue weighted by Crippen LogP contribution is 2.51. The zero-order valence-electron chi connectivity index (χ0n) is 24.9. The first-order valence-corrected chi connectivity index (χ1v) is 14.0. The fraction of sp³-hybridized carbons (Fsp3) is 0.324. The number of hydrogen-bond acceptors (Lipinski definition) is 2. The molecule has 5 rings (SSSR count). The number of anilines is 3. The van der Waals surface area contributed by atoms with Crippen molar-refractivity contribution in [3.05, 3.63) is 118 Å². The van der Waals surface area contributed by atoms with Crippen molar-refractivity contribution in [3.8, 4) is 0 Å². The van der Waals surface area contributed by atoms with Gasteiger partial charge in [-0.15, -0.1) is 0 Å². The maximum absolute atomic E-state index is 13.7. The van der Waals surface area contributed by atoms with Gasteiger partial charge in [0.2, 0.25) is 0 Å². The minimum absolute atomic E-state index is 0.0977. The van der Waals surface area contributed by atoms with Gasteiger partial charge in [-0.25, -0.2) is 0 Å². The van der Waals surface area contributed by atoms with Crippen LogP contribution in [0.15, 0.2) is 102 Å². The Kier molecular flexibility index (Phi) is 6.37. The molecule has 39 heavy (non-hydrogen) atoms. The minimum Gasteiger partial charge on any atom is -0.309 e. The molecule has 1 aliphatic carbocycles. The monoisotopic (exact) mass is 515 g/mol. The second kappa shape index (κ2) is 9.23. The normalized spacial score (nSPS) is 16.0. The lowest BCUT2D eigenvalue weighted by Crippen LogP contribution is -2.28. The van der Waals surface area contributed by atoms with Crippen molar-refractivity contribution in [2.24, 2.45) is 10.8 Å². The van der Waals surface area contributed by atoms with Crippen LogP contribution in [0.5, 0.6) is 0 Å². The second-order valence-corrected chi connectivity index (χ2v) is 13.9. The summed E-state index contributed by atoms with van der Waals surface area (Å²) in [6.45, 7) is 19.6. The van der Waals surface area contributed by atoms with Crippen LogP contribution in [-0.2, 0) is 10.2 Å². The molecule has 0 bridgehead atoms. The highest BCUT2D eigenvalue weighted by atomic mass is 16.1. The Morgan fingerprint density at radius 2 is 0.974 bits per heavy atom. The first-order chi connectivity index (χ1) is 18.2. The van der Waals surface area contributed by atoms with Gasteiger partial charge in [0, 0.05) is 33.5 Å². The molecule has 0 fully saturated rings. The van der Waals surface area contributed by atoms with Crippen LogP contribution in [0.3, 0.4) is 0 Å². The van der Waals surface area contributed by atoms with Crippen molar-refractivity contribution < 1.29 is 4.79 Å². The van der Waals surface area contributed by atoms with E-state index in [-0.39, 0.29) is 22.0 Å². The molecule has 0 amide bonds. The highest BCUT2D eigenvalue weighted by Gasteiger charge is 2.36. The zero-order chi connectivity index (χ0) is 28.3. The quantitative estimate of drug-likeness (QED) is 0.251. The van der Waals surface area contributed by atoms with Crippen molar-refractivity contribution in [2.75, 3.05) is 4.90 Å². The van der Waals surface area contributed by atoms with Crippen LogP contribution in [0.2, 0.25) is 0 Å². The van der Waals surface area contributed by atoms with Gasteiger partial charge < -0.3 is 4.90 Å². The van der Waals surface area contributed by atoms with Crippen LogP contribution < -0.4 is 4.90 Å². The molecule has 200 valence electrons. The third-order valence-corrected chi connectivity index (χ3v) is 7.81. The lowest BCUT2D eigenvalue weighted by Gasteiger charge is -2.37. The summed E-state index contributed by atoms with van der Waals surface area (Å²) >= 11 is 0. The third kappa shape index (κ3) is 4.82. The maximum Gasteiger partial charge on any atom is 0.186 e. The summed E-state index contributed by atoms with van der Waals surface area (Å²) in [7, 11) is 0. The largest absolute Gasteiger partial charge is 0.309 e. The van der Waals surface area contributed by atoms with Crippen molar-refractivity contribution in [3.63, 3.8) is 0 Å². The SMILES string of the molecule is CC(C)(C)C1=CC(=C2c3ccccc3N(c3ccc(C(C)(C)C)cc3)c3ccccc32)C=C(C(C)(C)C)C1=O. The van der Waals surface area contributed by atoms with E-state index in [0.29, 0.717) is 0 Å². The zero-order valence-corrected chi connectivity index (χ0v) is 24.9. The fourth-order valence-electron chi connectivity index (χ4n) is 5.62. The van der Waals surface area contributed by atoms with Gasteiger partial charge in [-0.1, -0.05) is 111 Å². The Bertz CT molecular complexity index is 1450. The number of Topliss-reactive ketones (excluding diaryl/α,β-unsaturated/α-hetero) is 1. The Labute approximate surface area is 234 Å². The Balaban J connectivity index is 1.81. The van der Waals surface area contributed by atoms with Crippen LogP contribution >= 0.6 is 0 Å². The summed E-state index contributed by atoms with van der Waals surface area (Å²) in [5.41, 5.74) is 10.7. The van der Waals surface area contributed by atoms with Crippen molar-refractivity contribution >= 4 is 28.4 Å². The molecule has 0 saturated heterocycles. The standard InChI is InChI=1S/C37H41NO/c1-35(2,3)25-18-20-26(21-19-25)38-31-16-12-10-14-27(31)33(28-15-11-13-17-32(28)38)24-22-29(36(4,5)6)34(39)30(23-24)37(7,8)9/h10-23H,1-9H3. The molecule has 2 heteroatoms. The first kappa shape index (κ1) is 26.9. The van der Waals surface area contributed by atoms with E-state index in [1.165, 1.54) is 22.3 Å². The smallest absolute Gasteiger partial charge is 0.186 e. The Morgan fingerprint density at radius 1 is 0.538 bits per heavy atom. The summed E-state index contributed by atoms with van der Waals surface area (Å²) in [5, 5.41) is 0. The number of allylic oxidation sites excluding steroid dienone is 5. The summed E-state index contributed by atoms with van der Waals surface area (Å²) in [6, 6.07) is 26.3. The molecule has 3 aromatic carbocycles. The summed E-state index contributed by atoms with van der Waals surface area (Å²) in [6.07, 6.45) is 4.29. The molecule has 3 aromatic rings. The van der Waals surface area contributed by atoms with Gasteiger partial charge in [0.15, 0.2) is 5.78 Å². The fourth-order valence-corrected chi connectivity index (χ4v) is 5.62. The van der Waals surface area contributed by atoms with Gasteiger partial charge in [0.05, 0.1) is 11.4 Å². The van der Waals surface area contributed by atoms with Crippen LogP contribution in [0.4, 0.5) is 17.1 Å². The van der Waals surface area contributed by atoms with E-state index in [1.807, 2.05) is 0 Å². The van der Waals surface area contributed by atoms with Gasteiger partial charge in [0.25, 0.3) is 0 Å². The molecule has 0 aromatic heterocycles.